The first-order chi connectivity index (χ1) is 13.7. The first-order valence-corrected chi connectivity index (χ1v) is 9.32. The Labute approximate surface area is 164 Å². The van der Waals surface area contributed by atoms with Crippen LogP contribution in [-0.2, 0) is 18.3 Å². The number of hydrogen-bond donors (Lipinski definition) is 1. The number of hydrogen-bond acceptors (Lipinski definition) is 4. The van der Waals surface area contributed by atoms with Crippen molar-refractivity contribution in [1.82, 2.24) is 9.78 Å². The lowest BCUT2D eigenvalue weighted by Crippen LogP contribution is -2.24. The topological polar surface area (TPSA) is 65.4 Å². The van der Waals surface area contributed by atoms with E-state index in [1.54, 1.807) is 11.8 Å². The van der Waals surface area contributed by atoms with Gasteiger partial charge in [-0.15, -0.1) is 0 Å². The van der Waals surface area contributed by atoms with E-state index in [0.717, 1.165) is 23.4 Å². The molecule has 4 rings (SSSR count). The van der Waals surface area contributed by atoms with E-state index in [9.17, 15) is 4.79 Å². The Morgan fingerprint density at radius 2 is 2.00 bits per heavy atom. The number of aromatic nitrogens is 2. The molecule has 1 amide bonds. The molecule has 1 N–H and O–H groups in total. The molecule has 0 spiro atoms. The van der Waals surface area contributed by atoms with Gasteiger partial charge in [-0.2, -0.15) is 5.10 Å². The number of amides is 1. The van der Waals surface area contributed by atoms with Crippen molar-refractivity contribution in [3.63, 3.8) is 0 Å². The van der Waals surface area contributed by atoms with Gasteiger partial charge in [-0.3, -0.25) is 9.48 Å². The van der Waals surface area contributed by atoms with Gasteiger partial charge in [0.15, 0.2) is 11.5 Å². The predicted molar refractivity (Wildman–Crippen MR) is 107 cm³/mol. The lowest BCUT2D eigenvalue weighted by molar-refractivity contribution is -0.116. The fourth-order valence-corrected chi connectivity index (χ4v) is 3.58. The molecule has 2 aromatic carbocycles. The van der Waals surface area contributed by atoms with Crippen molar-refractivity contribution < 1.29 is 14.3 Å². The largest absolute Gasteiger partial charge is 0.493 e. The molecule has 0 radical (unpaired) electrons. The summed E-state index contributed by atoms with van der Waals surface area (Å²) in [5, 5.41) is 7.18. The van der Waals surface area contributed by atoms with Crippen molar-refractivity contribution in [3.8, 4) is 11.5 Å². The van der Waals surface area contributed by atoms with Crippen molar-refractivity contribution in [2.45, 2.75) is 18.8 Å². The summed E-state index contributed by atoms with van der Waals surface area (Å²) < 4.78 is 13.2. The van der Waals surface area contributed by atoms with Crippen LogP contribution >= 0.6 is 0 Å². The van der Waals surface area contributed by atoms with Gasteiger partial charge in [-0.05, 0) is 23.3 Å². The van der Waals surface area contributed by atoms with Crippen molar-refractivity contribution in [2.75, 3.05) is 19.0 Å². The van der Waals surface area contributed by atoms with Gasteiger partial charge in [0.2, 0.25) is 5.91 Å². The summed E-state index contributed by atoms with van der Waals surface area (Å²) >= 11 is 0. The van der Waals surface area contributed by atoms with Crippen molar-refractivity contribution >= 4 is 11.7 Å². The molecule has 144 valence electrons. The van der Waals surface area contributed by atoms with Crippen LogP contribution in [-0.4, -0.2) is 29.4 Å². The molecule has 1 aliphatic heterocycles. The van der Waals surface area contributed by atoms with Crippen LogP contribution < -0.4 is 14.8 Å². The van der Waals surface area contributed by atoms with Crippen LogP contribution in [0.3, 0.4) is 0 Å². The molecule has 1 atom stereocenters. The SMILES string of the molecule is COc1cc(C2CC(=O)Nc3c2cnn3C)ccc1OCCc1ccccc1. The van der Waals surface area contributed by atoms with E-state index >= 15 is 0 Å². The smallest absolute Gasteiger partial charge is 0.226 e. The second kappa shape index (κ2) is 7.76. The molecule has 0 saturated heterocycles. The highest BCUT2D eigenvalue weighted by atomic mass is 16.5. The first-order valence-electron chi connectivity index (χ1n) is 9.32. The molecule has 1 unspecified atom stereocenters. The van der Waals surface area contributed by atoms with Crippen LogP contribution in [0.1, 0.15) is 29.0 Å². The Kier molecular flexibility index (Phi) is 5.02. The minimum atomic E-state index is -0.0512. The Balaban J connectivity index is 1.53. The number of aryl methyl sites for hydroxylation is 1. The quantitative estimate of drug-likeness (QED) is 0.714. The lowest BCUT2D eigenvalue weighted by Gasteiger charge is -2.24. The van der Waals surface area contributed by atoms with Crippen LogP contribution in [0, 0.1) is 0 Å². The zero-order chi connectivity index (χ0) is 19.5. The number of nitrogens with one attached hydrogen (secondary N) is 1. The highest BCUT2D eigenvalue weighted by Gasteiger charge is 2.29. The number of nitrogens with zero attached hydrogens (tertiary/aromatic N) is 2. The van der Waals surface area contributed by atoms with E-state index in [1.807, 2.05) is 49.6 Å². The standard InChI is InChI=1S/C22H23N3O3/c1-25-22-18(14-23-25)17(13-21(26)24-22)16-8-9-19(20(12-16)27-2)28-11-10-15-6-4-3-5-7-15/h3-9,12,14,17H,10-11,13H2,1-2H3,(H,24,26). The van der Waals surface area contributed by atoms with Crippen LogP contribution in [0.15, 0.2) is 54.7 Å². The minimum Gasteiger partial charge on any atom is -0.493 e. The molecule has 1 aliphatic rings. The van der Waals surface area contributed by atoms with Crippen LogP contribution in [0.2, 0.25) is 0 Å². The molecule has 0 bridgehead atoms. The van der Waals surface area contributed by atoms with E-state index < -0.39 is 0 Å². The van der Waals surface area contributed by atoms with Gasteiger partial charge < -0.3 is 14.8 Å². The number of ether oxygens (including phenoxy) is 2. The van der Waals surface area contributed by atoms with E-state index in [-0.39, 0.29) is 11.8 Å². The summed E-state index contributed by atoms with van der Waals surface area (Å²) in [5.74, 6) is 2.06. The van der Waals surface area contributed by atoms with Crippen LogP contribution in [0.5, 0.6) is 11.5 Å². The third-order valence-corrected chi connectivity index (χ3v) is 5.07. The molecule has 2 heterocycles. The zero-order valence-electron chi connectivity index (χ0n) is 16.0. The summed E-state index contributed by atoms with van der Waals surface area (Å²) in [4.78, 5) is 12.1. The Bertz CT molecular complexity index is 982. The number of fused-ring (bicyclic) bond motifs is 1. The lowest BCUT2D eigenvalue weighted by atomic mass is 9.87. The van der Waals surface area contributed by atoms with Gasteiger partial charge in [-0.25, -0.2) is 0 Å². The summed E-state index contributed by atoms with van der Waals surface area (Å²) in [6, 6.07) is 16.1. The molecule has 0 saturated carbocycles. The average Bonchev–Trinajstić information content (AvgIpc) is 3.09. The minimum absolute atomic E-state index is 0.0109. The maximum Gasteiger partial charge on any atom is 0.226 e. The molecule has 0 fully saturated rings. The maximum atomic E-state index is 12.1. The predicted octanol–water partition coefficient (Wildman–Crippen LogP) is 3.52. The van der Waals surface area contributed by atoms with E-state index in [2.05, 4.69) is 22.5 Å². The normalized spacial score (nSPS) is 15.6. The summed E-state index contributed by atoms with van der Waals surface area (Å²) in [6.45, 7) is 0.568. The van der Waals surface area contributed by atoms with Crippen LogP contribution in [0.4, 0.5) is 5.82 Å². The highest BCUT2D eigenvalue weighted by molar-refractivity contribution is 5.94. The molecular weight excluding hydrogens is 354 g/mol. The van der Waals surface area contributed by atoms with Gasteiger partial charge in [-0.1, -0.05) is 36.4 Å². The fourth-order valence-electron chi connectivity index (χ4n) is 3.58. The monoisotopic (exact) mass is 377 g/mol. The molecular formula is C22H23N3O3. The van der Waals surface area contributed by atoms with Gasteiger partial charge in [0.1, 0.15) is 5.82 Å². The third-order valence-electron chi connectivity index (χ3n) is 5.07. The number of benzene rings is 2. The zero-order valence-corrected chi connectivity index (χ0v) is 16.0. The average molecular weight is 377 g/mol. The van der Waals surface area contributed by atoms with Crippen LogP contribution in [0.25, 0.3) is 0 Å². The Morgan fingerprint density at radius 1 is 1.18 bits per heavy atom. The summed E-state index contributed by atoms with van der Waals surface area (Å²) in [5.41, 5.74) is 3.26. The Morgan fingerprint density at radius 3 is 2.79 bits per heavy atom. The molecule has 28 heavy (non-hydrogen) atoms. The molecule has 0 aliphatic carbocycles. The number of rotatable bonds is 6. The van der Waals surface area contributed by atoms with Gasteiger partial charge >= 0.3 is 0 Å². The number of anilines is 1. The second-order valence-corrected chi connectivity index (χ2v) is 6.87. The van der Waals surface area contributed by atoms with E-state index in [1.165, 1.54) is 5.56 Å². The number of methoxy groups -OCH3 is 1. The first kappa shape index (κ1) is 18.1. The maximum absolute atomic E-state index is 12.1. The second-order valence-electron chi connectivity index (χ2n) is 6.87. The molecule has 6 nitrogen and oxygen atoms in total. The highest BCUT2D eigenvalue weighted by Crippen LogP contribution is 2.39. The van der Waals surface area contributed by atoms with Crippen molar-refractivity contribution in [2.24, 2.45) is 7.05 Å². The molecule has 1 aromatic heterocycles. The van der Waals surface area contributed by atoms with Crippen molar-refractivity contribution in [1.29, 1.82) is 0 Å². The summed E-state index contributed by atoms with van der Waals surface area (Å²) in [7, 11) is 3.46. The molecule has 6 heteroatoms. The molecule has 3 aromatic rings. The summed E-state index contributed by atoms with van der Waals surface area (Å²) in [6.07, 6.45) is 3.03. The van der Waals surface area contributed by atoms with E-state index in [4.69, 9.17) is 9.47 Å². The van der Waals surface area contributed by atoms with E-state index in [0.29, 0.717) is 24.5 Å². The third kappa shape index (κ3) is 3.58. The van der Waals surface area contributed by atoms with Gasteiger partial charge in [0.25, 0.3) is 0 Å². The van der Waals surface area contributed by atoms with Gasteiger partial charge in [0.05, 0.1) is 19.9 Å². The number of carbonyl (C=O) groups excluding carboxylic acids is 1. The number of carbonyl (C=O) groups is 1. The fraction of sp³-hybridized carbons (Fsp3) is 0.273. The Hall–Kier alpha value is -3.28. The van der Waals surface area contributed by atoms with Gasteiger partial charge in [0, 0.05) is 31.4 Å². The van der Waals surface area contributed by atoms with Crippen molar-refractivity contribution in [3.05, 3.63) is 71.4 Å².